The molecule has 0 saturated carbocycles. The van der Waals surface area contributed by atoms with E-state index >= 15 is 0 Å². The van der Waals surface area contributed by atoms with Gasteiger partial charge in [-0.25, -0.2) is 0 Å². The first-order chi connectivity index (χ1) is 10.6. The summed E-state index contributed by atoms with van der Waals surface area (Å²) >= 11 is 11.9. The quantitative estimate of drug-likeness (QED) is 0.861. The highest BCUT2D eigenvalue weighted by Crippen LogP contribution is 2.27. The van der Waals surface area contributed by atoms with Crippen LogP contribution in [0.5, 0.6) is 5.75 Å². The Hall–Kier alpha value is -0.970. The number of nitrogens with zero attached hydrogens (tertiary/aromatic N) is 1. The lowest BCUT2D eigenvalue weighted by Gasteiger charge is -2.32. The van der Waals surface area contributed by atoms with E-state index in [1.165, 1.54) is 0 Å². The molecule has 1 aliphatic rings. The minimum absolute atomic E-state index is 0.146. The van der Waals surface area contributed by atoms with E-state index < -0.39 is 0 Å². The van der Waals surface area contributed by atoms with Crippen LogP contribution in [-0.4, -0.2) is 44.1 Å². The number of amides is 1. The molecule has 0 aliphatic carbocycles. The van der Waals surface area contributed by atoms with E-state index in [2.05, 4.69) is 5.32 Å². The smallest absolute Gasteiger partial charge is 0.225 e. The summed E-state index contributed by atoms with van der Waals surface area (Å²) in [6, 6.07) is 5.07. The summed E-state index contributed by atoms with van der Waals surface area (Å²) in [6.07, 6.45) is 2.50. The van der Waals surface area contributed by atoms with Gasteiger partial charge in [-0.05, 0) is 50.6 Å². The number of hydrogen-bond donors (Lipinski definition) is 1. The molecule has 0 bridgehead atoms. The van der Waals surface area contributed by atoms with Gasteiger partial charge in [-0.2, -0.15) is 0 Å². The van der Waals surface area contributed by atoms with Gasteiger partial charge in [0.1, 0.15) is 5.75 Å². The van der Waals surface area contributed by atoms with Gasteiger partial charge >= 0.3 is 0 Å². The van der Waals surface area contributed by atoms with Crippen LogP contribution >= 0.6 is 23.2 Å². The average Bonchev–Trinajstić information content (AvgIpc) is 2.50. The lowest BCUT2D eigenvalue weighted by Crippen LogP contribution is -2.40. The molecule has 1 amide bonds. The monoisotopic (exact) mass is 344 g/mol. The van der Waals surface area contributed by atoms with Gasteiger partial charge in [0, 0.05) is 18.1 Å². The number of benzene rings is 1. The third-order valence-corrected chi connectivity index (χ3v) is 4.46. The Labute approximate surface area is 141 Å². The molecule has 0 spiro atoms. The first kappa shape index (κ1) is 17.4. The van der Waals surface area contributed by atoms with Gasteiger partial charge in [0.2, 0.25) is 5.91 Å². The molecule has 1 aromatic carbocycles. The van der Waals surface area contributed by atoms with Crippen LogP contribution in [0.1, 0.15) is 19.3 Å². The Morgan fingerprint density at radius 2 is 2.09 bits per heavy atom. The second kappa shape index (κ2) is 8.61. The van der Waals surface area contributed by atoms with Crippen molar-refractivity contribution in [1.29, 1.82) is 0 Å². The maximum atomic E-state index is 12.2. The highest BCUT2D eigenvalue weighted by Gasteiger charge is 2.22. The second-order valence-corrected chi connectivity index (χ2v) is 6.40. The van der Waals surface area contributed by atoms with Crippen molar-refractivity contribution in [2.24, 2.45) is 5.92 Å². The van der Waals surface area contributed by atoms with Crippen molar-refractivity contribution in [1.82, 2.24) is 10.2 Å². The van der Waals surface area contributed by atoms with Gasteiger partial charge in [0.25, 0.3) is 0 Å². The molecule has 22 heavy (non-hydrogen) atoms. The van der Waals surface area contributed by atoms with E-state index in [1.807, 2.05) is 11.9 Å². The van der Waals surface area contributed by atoms with Crippen LogP contribution < -0.4 is 10.1 Å². The normalized spacial score (nSPS) is 15.9. The van der Waals surface area contributed by atoms with Crippen LogP contribution in [0.3, 0.4) is 0 Å². The van der Waals surface area contributed by atoms with Crippen molar-refractivity contribution in [2.75, 3.05) is 33.3 Å². The summed E-state index contributed by atoms with van der Waals surface area (Å²) in [5, 5.41) is 4.23. The number of carbonyl (C=O) groups excluding carboxylic acids is 1. The van der Waals surface area contributed by atoms with E-state index in [0.717, 1.165) is 32.5 Å². The van der Waals surface area contributed by atoms with E-state index in [1.54, 1.807) is 18.2 Å². The number of ether oxygens (including phenoxy) is 1. The first-order valence-electron chi connectivity index (χ1n) is 7.60. The SMILES string of the molecule is CNCC1CCN(C(=O)CCOc2ccc(Cl)cc2Cl)CC1. The Bertz CT molecular complexity index is 503. The highest BCUT2D eigenvalue weighted by atomic mass is 35.5. The molecular weight excluding hydrogens is 323 g/mol. The van der Waals surface area contributed by atoms with Crippen molar-refractivity contribution < 1.29 is 9.53 Å². The number of piperidine rings is 1. The average molecular weight is 345 g/mol. The molecule has 0 aromatic heterocycles. The minimum Gasteiger partial charge on any atom is -0.491 e. The molecule has 122 valence electrons. The predicted octanol–water partition coefficient (Wildman–Crippen LogP) is 3.22. The van der Waals surface area contributed by atoms with Crippen molar-refractivity contribution in [3.63, 3.8) is 0 Å². The van der Waals surface area contributed by atoms with Gasteiger partial charge in [0.15, 0.2) is 0 Å². The largest absolute Gasteiger partial charge is 0.491 e. The summed E-state index contributed by atoms with van der Waals surface area (Å²) in [5.41, 5.74) is 0. The standard InChI is InChI=1S/C16H22Cl2N2O2/c1-19-11-12-4-7-20(8-5-12)16(21)6-9-22-15-3-2-13(17)10-14(15)18/h2-3,10,12,19H,4-9,11H2,1H3. The third-order valence-electron chi connectivity index (χ3n) is 3.93. The van der Waals surface area contributed by atoms with E-state index in [9.17, 15) is 4.79 Å². The summed E-state index contributed by atoms with van der Waals surface area (Å²) in [4.78, 5) is 14.1. The molecular formula is C16H22Cl2N2O2. The Morgan fingerprint density at radius 3 is 2.73 bits per heavy atom. The second-order valence-electron chi connectivity index (χ2n) is 5.56. The van der Waals surface area contributed by atoms with Crippen LogP contribution in [0, 0.1) is 5.92 Å². The maximum absolute atomic E-state index is 12.2. The number of carbonyl (C=O) groups is 1. The molecule has 6 heteroatoms. The number of halogens is 2. The molecule has 1 heterocycles. The fraction of sp³-hybridized carbons (Fsp3) is 0.562. The highest BCUT2D eigenvalue weighted by molar-refractivity contribution is 6.35. The Balaban J connectivity index is 1.72. The number of rotatable bonds is 6. The van der Waals surface area contributed by atoms with Crippen molar-refractivity contribution in [3.8, 4) is 5.75 Å². The van der Waals surface area contributed by atoms with E-state index in [4.69, 9.17) is 27.9 Å². The number of likely N-dealkylation sites (tertiary alicyclic amines) is 1. The van der Waals surface area contributed by atoms with Gasteiger partial charge in [-0.1, -0.05) is 23.2 Å². The van der Waals surface area contributed by atoms with Crippen molar-refractivity contribution in [2.45, 2.75) is 19.3 Å². The summed E-state index contributed by atoms with van der Waals surface area (Å²) in [6.45, 7) is 3.04. The fourth-order valence-electron chi connectivity index (χ4n) is 2.67. The number of nitrogens with one attached hydrogen (secondary N) is 1. The Morgan fingerprint density at radius 1 is 1.36 bits per heavy atom. The van der Waals surface area contributed by atoms with Gasteiger partial charge in [0.05, 0.1) is 18.1 Å². The molecule has 1 N–H and O–H groups in total. The molecule has 1 aliphatic heterocycles. The first-order valence-corrected chi connectivity index (χ1v) is 8.36. The zero-order valence-corrected chi connectivity index (χ0v) is 14.3. The molecule has 2 rings (SSSR count). The van der Waals surface area contributed by atoms with Gasteiger partial charge in [-0.15, -0.1) is 0 Å². The fourth-order valence-corrected chi connectivity index (χ4v) is 3.14. The molecule has 0 radical (unpaired) electrons. The van der Waals surface area contributed by atoms with Crippen molar-refractivity contribution >= 4 is 29.1 Å². The topological polar surface area (TPSA) is 41.6 Å². The summed E-state index contributed by atoms with van der Waals surface area (Å²) in [7, 11) is 1.97. The van der Waals surface area contributed by atoms with Crippen LogP contribution in [0.25, 0.3) is 0 Å². The molecule has 1 aromatic rings. The lowest BCUT2D eigenvalue weighted by molar-refractivity contribution is -0.133. The summed E-state index contributed by atoms with van der Waals surface area (Å²) in [5.74, 6) is 1.39. The van der Waals surface area contributed by atoms with E-state index in [-0.39, 0.29) is 5.91 Å². The van der Waals surface area contributed by atoms with E-state index in [0.29, 0.717) is 34.7 Å². The maximum Gasteiger partial charge on any atom is 0.225 e. The molecule has 1 saturated heterocycles. The predicted molar refractivity (Wildman–Crippen MR) is 89.8 cm³/mol. The van der Waals surface area contributed by atoms with Gasteiger partial charge < -0.3 is 15.0 Å². The van der Waals surface area contributed by atoms with Crippen LogP contribution in [0.15, 0.2) is 18.2 Å². The molecule has 4 nitrogen and oxygen atoms in total. The lowest BCUT2D eigenvalue weighted by atomic mass is 9.97. The van der Waals surface area contributed by atoms with Crippen molar-refractivity contribution in [3.05, 3.63) is 28.2 Å². The minimum atomic E-state index is 0.146. The number of hydrogen-bond acceptors (Lipinski definition) is 3. The Kier molecular flexibility index (Phi) is 6.80. The van der Waals surface area contributed by atoms with Crippen LogP contribution in [0.4, 0.5) is 0 Å². The third kappa shape index (κ3) is 5.04. The molecule has 0 atom stereocenters. The van der Waals surface area contributed by atoms with Crippen LogP contribution in [0.2, 0.25) is 10.0 Å². The molecule has 1 fully saturated rings. The van der Waals surface area contributed by atoms with Crippen LogP contribution in [-0.2, 0) is 4.79 Å². The zero-order chi connectivity index (χ0) is 15.9. The summed E-state index contributed by atoms with van der Waals surface area (Å²) < 4.78 is 5.56. The molecule has 0 unspecified atom stereocenters. The zero-order valence-electron chi connectivity index (χ0n) is 12.8. The van der Waals surface area contributed by atoms with Gasteiger partial charge in [-0.3, -0.25) is 4.79 Å².